The van der Waals surface area contributed by atoms with Gasteiger partial charge in [-0.25, -0.2) is 0 Å². The summed E-state index contributed by atoms with van der Waals surface area (Å²) in [5, 5.41) is 4.42. The summed E-state index contributed by atoms with van der Waals surface area (Å²) in [4.78, 5) is 4.07. The lowest BCUT2D eigenvalue weighted by atomic mass is 9.89. The van der Waals surface area contributed by atoms with E-state index in [2.05, 4.69) is 16.2 Å². The van der Waals surface area contributed by atoms with Crippen LogP contribution in [0.4, 0.5) is 0 Å². The second-order valence-corrected chi connectivity index (χ2v) is 4.15. The van der Waals surface area contributed by atoms with Crippen LogP contribution in [0.3, 0.4) is 0 Å². The van der Waals surface area contributed by atoms with Crippen LogP contribution in [0.2, 0.25) is 0 Å². The van der Waals surface area contributed by atoms with Gasteiger partial charge in [0, 0.05) is 11.5 Å². The molecule has 0 atom stereocenters. The van der Waals surface area contributed by atoms with Crippen LogP contribution in [-0.2, 0) is 0 Å². The van der Waals surface area contributed by atoms with Crippen LogP contribution in [0, 0.1) is 0 Å². The maximum Gasteiger partial charge on any atom is 0.0660 e. The van der Waals surface area contributed by atoms with Crippen molar-refractivity contribution in [2.45, 2.75) is 38.0 Å². The van der Waals surface area contributed by atoms with E-state index >= 15 is 0 Å². The van der Waals surface area contributed by atoms with Gasteiger partial charge < -0.3 is 0 Å². The van der Waals surface area contributed by atoms with Crippen LogP contribution >= 0.6 is 8.35 Å². The number of hydrogen-bond donors (Lipinski definition) is 1. The number of nitrogens with zero attached hydrogens (tertiary/aromatic N) is 1. The Labute approximate surface area is 68.6 Å². The molecule has 2 nitrogen and oxygen atoms in total. The van der Waals surface area contributed by atoms with Crippen molar-refractivity contribution in [3.05, 3.63) is 11.5 Å². The molecule has 1 N–H and O–H groups in total. The lowest BCUT2D eigenvalue weighted by molar-refractivity contribution is 0.448. The number of rotatable bonds is 1. The molecule has 0 aliphatic heterocycles. The summed E-state index contributed by atoms with van der Waals surface area (Å²) in [5.41, 5.74) is 0. The molecule has 60 valence electrons. The minimum atomic E-state index is 0.837. The third-order valence-corrected chi connectivity index (χ3v) is 3.40. The SMILES string of the molecule is c1[nH]npc1C1CCCCC1. The van der Waals surface area contributed by atoms with Gasteiger partial charge in [0.15, 0.2) is 0 Å². The van der Waals surface area contributed by atoms with Gasteiger partial charge >= 0.3 is 0 Å². The highest BCUT2D eigenvalue weighted by Gasteiger charge is 2.16. The van der Waals surface area contributed by atoms with Crippen molar-refractivity contribution in [3.8, 4) is 0 Å². The Morgan fingerprint density at radius 2 is 2.18 bits per heavy atom. The van der Waals surface area contributed by atoms with Crippen LogP contribution < -0.4 is 0 Å². The van der Waals surface area contributed by atoms with E-state index in [9.17, 15) is 0 Å². The molecule has 0 aromatic carbocycles. The number of aromatic amines is 1. The predicted molar refractivity (Wildman–Crippen MR) is 46.9 cm³/mol. The zero-order valence-corrected chi connectivity index (χ0v) is 7.48. The molecule has 0 unspecified atom stereocenters. The summed E-state index contributed by atoms with van der Waals surface area (Å²) in [6, 6.07) is 0. The lowest BCUT2D eigenvalue weighted by Crippen LogP contribution is -2.01. The molecule has 0 spiro atoms. The summed E-state index contributed by atoms with van der Waals surface area (Å²) in [5.74, 6) is 0.837. The molecular weight excluding hydrogens is 155 g/mol. The molecule has 0 radical (unpaired) electrons. The quantitative estimate of drug-likeness (QED) is 0.685. The van der Waals surface area contributed by atoms with E-state index in [0.717, 1.165) is 14.3 Å². The molecular formula is C8H13N2P. The van der Waals surface area contributed by atoms with Gasteiger partial charge in [0.25, 0.3) is 0 Å². The minimum absolute atomic E-state index is 0.837. The van der Waals surface area contributed by atoms with Gasteiger partial charge in [0.05, 0.1) is 8.35 Å². The van der Waals surface area contributed by atoms with Crippen molar-refractivity contribution in [2.75, 3.05) is 0 Å². The number of nitrogens with one attached hydrogen (secondary N) is 1. The van der Waals surface area contributed by atoms with Crippen LogP contribution in [-0.4, -0.2) is 9.96 Å². The predicted octanol–water partition coefficient (Wildman–Crippen LogP) is 3.04. The maximum atomic E-state index is 4.07. The number of H-pyrrole nitrogens is 1. The minimum Gasteiger partial charge on any atom is -0.281 e. The summed E-state index contributed by atoms with van der Waals surface area (Å²) < 4.78 is 0. The molecule has 1 saturated carbocycles. The maximum absolute atomic E-state index is 4.07. The Morgan fingerprint density at radius 3 is 2.82 bits per heavy atom. The molecule has 0 amide bonds. The van der Waals surface area contributed by atoms with Gasteiger partial charge in [-0.2, -0.15) is 4.86 Å². The molecule has 0 saturated heterocycles. The molecule has 1 aliphatic carbocycles. The molecule has 1 heterocycles. The van der Waals surface area contributed by atoms with E-state index < -0.39 is 0 Å². The third-order valence-electron chi connectivity index (χ3n) is 2.46. The van der Waals surface area contributed by atoms with E-state index in [1.165, 1.54) is 37.4 Å². The van der Waals surface area contributed by atoms with Gasteiger partial charge in [0.2, 0.25) is 0 Å². The normalized spacial score (nSPS) is 21.1. The van der Waals surface area contributed by atoms with E-state index in [0.29, 0.717) is 0 Å². The fourth-order valence-corrected chi connectivity index (χ4v) is 2.58. The van der Waals surface area contributed by atoms with Crippen LogP contribution in [0.5, 0.6) is 0 Å². The van der Waals surface area contributed by atoms with E-state index in [-0.39, 0.29) is 0 Å². The van der Waals surface area contributed by atoms with Crippen molar-refractivity contribution in [1.29, 1.82) is 0 Å². The standard InChI is InChI=1S/C8H13N2P/c1-2-4-7(5-3-1)8-6-9-10-11-8/h6-7H,1-5H2,(H,9,10). The lowest BCUT2D eigenvalue weighted by Gasteiger charge is -2.19. The second-order valence-electron chi connectivity index (χ2n) is 3.23. The third kappa shape index (κ3) is 1.62. The van der Waals surface area contributed by atoms with Crippen molar-refractivity contribution in [3.63, 3.8) is 0 Å². The van der Waals surface area contributed by atoms with Gasteiger partial charge in [-0.15, -0.1) is 0 Å². The molecule has 1 fully saturated rings. The molecule has 1 aliphatic rings. The summed E-state index contributed by atoms with van der Waals surface area (Å²) in [6.45, 7) is 0. The van der Waals surface area contributed by atoms with E-state index in [1.807, 2.05) is 0 Å². The van der Waals surface area contributed by atoms with E-state index in [4.69, 9.17) is 0 Å². The zero-order chi connectivity index (χ0) is 7.52. The van der Waals surface area contributed by atoms with Crippen molar-refractivity contribution >= 4 is 8.35 Å². The highest BCUT2D eigenvalue weighted by atomic mass is 31.0. The first-order chi connectivity index (χ1) is 5.47. The fourth-order valence-electron chi connectivity index (χ4n) is 1.81. The Hall–Kier alpha value is -0.360. The smallest absolute Gasteiger partial charge is 0.0660 e. The first kappa shape index (κ1) is 7.30. The topological polar surface area (TPSA) is 28.7 Å². The summed E-state index contributed by atoms with van der Waals surface area (Å²) in [6.07, 6.45) is 9.11. The van der Waals surface area contributed by atoms with Crippen LogP contribution in [0.15, 0.2) is 6.20 Å². The zero-order valence-electron chi connectivity index (χ0n) is 6.58. The van der Waals surface area contributed by atoms with E-state index in [1.54, 1.807) is 0 Å². The molecule has 0 bridgehead atoms. The van der Waals surface area contributed by atoms with Gasteiger partial charge in [-0.3, -0.25) is 5.10 Å². The highest BCUT2D eigenvalue weighted by Crippen LogP contribution is 2.34. The Kier molecular flexibility index (Phi) is 2.23. The molecule has 3 heteroatoms. The van der Waals surface area contributed by atoms with Gasteiger partial charge in [-0.1, -0.05) is 19.3 Å². The largest absolute Gasteiger partial charge is 0.281 e. The van der Waals surface area contributed by atoms with Crippen LogP contribution in [0.25, 0.3) is 0 Å². The fraction of sp³-hybridized carbons (Fsp3) is 0.750. The first-order valence-corrected chi connectivity index (χ1v) is 5.18. The summed E-state index contributed by atoms with van der Waals surface area (Å²) >= 11 is 0. The average molecular weight is 168 g/mol. The molecule has 2 rings (SSSR count). The van der Waals surface area contributed by atoms with Gasteiger partial charge in [0.1, 0.15) is 0 Å². The van der Waals surface area contributed by atoms with Crippen molar-refractivity contribution in [1.82, 2.24) is 9.96 Å². The number of hydrogen-bond acceptors (Lipinski definition) is 1. The second kappa shape index (κ2) is 3.36. The van der Waals surface area contributed by atoms with Crippen molar-refractivity contribution < 1.29 is 0 Å². The Bertz CT molecular complexity index is 202. The van der Waals surface area contributed by atoms with Crippen LogP contribution in [0.1, 0.15) is 43.3 Å². The average Bonchev–Trinajstić information content (AvgIpc) is 2.58. The highest BCUT2D eigenvalue weighted by molar-refractivity contribution is 7.26. The summed E-state index contributed by atoms with van der Waals surface area (Å²) in [7, 11) is 1.16. The molecule has 1 aromatic heterocycles. The Morgan fingerprint density at radius 1 is 1.36 bits per heavy atom. The van der Waals surface area contributed by atoms with Gasteiger partial charge in [-0.05, 0) is 18.8 Å². The number of aromatic nitrogens is 2. The van der Waals surface area contributed by atoms with Crippen molar-refractivity contribution in [2.24, 2.45) is 0 Å². The first-order valence-electron chi connectivity index (χ1n) is 4.33. The Balaban J connectivity index is 2.04. The molecule has 11 heavy (non-hydrogen) atoms. The molecule has 1 aromatic rings. The monoisotopic (exact) mass is 168 g/mol.